The highest BCUT2D eigenvalue weighted by Gasteiger charge is 2.31. The molecule has 3 rings (SSSR count). The Bertz CT molecular complexity index is 611. The van der Waals surface area contributed by atoms with Gasteiger partial charge in [0.25, 0.3) is 11.8 Å². The van der Waals surface area contributed by atoms with Gasteiger partial charge in [0.2, 0.25) is 0 Å². The van der Waals surface area contributed by atoms with Gasteiger partial charge in [0.15, 0.2) is 6.10 Å². The summed E-state index contributed by atoms with van der Waals surface area (Å²) in [5, 5.41) is 2.86. The van der Waals surface area contributed by atoms with Gasteiger partial charge in [-0.2, -0.15) is 0 Å². The molecule has 0 saturated carbocycles. The second-order valence-corrected chi connectivity index (χ2v) is 5.92. The summed E-state index contributed by atoms with van der Waals surface area (Å²) in [5.74, 6) is 0.457. The number of nitrogens with zero attached hydrogens (tertiary/aromatic N) is 1. The quantitative estimate of drug-likeness (QED) is 0.925. The maximum Gasteiger partial charge on any atom is 0.267 e. The first-order chi connectivity index (χ1) is 11.1. The number of ether oxygens (including phenoxy) is 2. The smallest absolute Gasteiger partial charge is 0.267 e. The minimum absolute atomic E-state index is 0.0320. The molecule has 2 aliphatic rings. The average Bonchev–Trinajstić information content (AvgIpc) is 3.06. The minimum Gasteiger partial charge on any atom is -0.479 e. The van der Waals surface area contributed by atoms with E-state index in [1.807, 2.05) is 13.0 Å². The van der Waals surface area contributed by atoms with E-state index in [1.54, 1.807) is 24.0 Å². The lowest BCUT2D eigenvalue weighted by Crippen LogP contribution is -2.44. The molecule has 1 fully saturated rings. The zero-order chi connectivity index (χ0) is 16.4. The molecule has 0 aliphatic carbocycles. The van der Waals surface area contributed by atoms with Crippen molar-refractivity contribution in [2.75, 3.05) is 23.4 Å². The molecule has 0 spiro atoms. The second-order valence-electron chi connectivity index (χ2n) is 5.92. The summed E-state index contributed by atoms with van der Waals surface area (Å²) >= 11 is 0. The van der Waals surface area contributed by atoms with Gasteiger partial charge in [-0.15, -0.1) is 0 Å². The molecule has 2 heterocycles. The van der Waals surface area contributed by atoms with Crippen LogP contribution in [0.15, 0.2) is 18.2 Å². The molecule has 2 atom stereocenters. The highest BCUT2D eigenvalue weighted by molar-refractivity contribution is 6.01. The van der Waals surface area contributed by atoms with Crippen molar-refractivity contribution in [3.63, 3.8) is 0 Å². The van der Waals surface area contributed by atoms with Gasteiger partial charge in [-0.1, -0.05) is 6.92 Å². The van der Waals surface area contributed by atoms with Gasteiger partial charge in [-0.25, -0.2) is 0 Å². The third kappa shape index (κ3) is 3.17. The van der Waals surface area contributed by atoms with Gasteiger partial charge in [0.1, 0.15) is 11.9 Å². The molecule has 0 radical (unpaired) electrons. The number of anilines is 2. The largest absolute Gasteiger partial charge is 0.479 e. The Hall–Kier alpha value is -2.08. The molecular weight excluding hydrogens is 296 g/mol. The summed E-state index contributed by atoms with van der Waals surface area (Å²) in [6.07, 6.45) is 1.65. The molecule has 2 unspecified atom stereocenters. The van der Waals surface area contributed by atoms with Crippen LogP contribution in [0.1, 0.15) is 33.1 Å². The van der Waals surface area contributed by atoms with E-state index in [0.717, 1.165) is 24.9 Å². The van der Waals surface area contributed by atoms with Gasteiger partial charge in [0, 0.05) is 24.9 Å². The van der Waals surface area contributed by atoms with E-state index < -0.39 is 6.10 Å². The van der Waals surface area contributed by atoms with Crippen LogP contribution in [0.5, 0.6) is 5.75 Å². The van der Waals surface area contributed by atoms with Crippen LogP contribution in [0.2, 0.25) is 0 Å². The van der Waals surface area contributed by atoms with Gasteiger partial charge >= 0.3 is 0 Å². The summed E-state index contributed by atoms with van der Waals surface area (Å²) in [5.41, 5.74) is 1.41. The number of amides is 2. The molecule has 1 aromatic rings. The zero-order valence-electron chi connectivity index (χ0n) is 13.5. The van der Waals surface area contributed by atoms with Crippen molar-refractivity contribution in [3.8, 4) is 5.75 Å². The van der Waals surface area contributed by atoms with E-state index in [1.165, 1.54) is 0 Å². The lowest BCUT2D eigenvalue weighted by Gasteiger charge is -2.33. The molecular formula is C17H22N2O4. The van der Waals surface area contributed by atoms with E-state index >= 15 is 0 Å². The molecule has 0 bridgehead atoms. The predicted molar refractivity (Wildman–Crippen MR) is 86.8 cm³/mol. The lowest BCUT2D eigenvalue weighted by atomic mass is 10.1. The Labute approximate surface area is 135 Å². The van der Waals surface area contributed by atoms with Crippen LogP contribution in [0.3, 0.4) is 0 Å². The highest BCUT2D eigenvalue weighted by atomic mass is 16.5. The summed E-state index contributed by atoms with van der Waals surface area (Å²) in [6, 6.07) is 5.38. The molecule has 6 nitrogen and oxygen atoms in total. The standard InChI is InChI=1S/C17H22N2O4/c1-3-8-19-13-7-6-12(10-15(13)23-11(2)17(19)21)18-16(20)14-5-4-9-22-14/h6-7,10-11,14H,3-5,8-9H2,1-2H3,(H,18,20). The Morgan fingerprint density at radius 3 is 2.96 bits per heavy atom. The molecule has 1 aromatic carbocycles. The third-order valence-corrected chi connectivity index (χ3v) is 4.11. The van der Waals surface area contributed by atoms with Crippen molar-refractivity contribution >= 4 is 23.2 Å². The second kappa shape index (κ2) is 6.58. The SMILES string of the molecule is CCCN1C(=O)C(C)Oc2cc(NC(=O)C3CCCO3)ccc21. The van der Waals surface area contributed by atoms with Crippen LogP contribution in [0, 0.1) is 0 Å². The van der Waals surface area contributed by atoms with Crippen LogP contribution in [-0.2, 0) is 14.3 Å². The van der Waals surface area contributed by atoms with E-state index in [-0.39, 0.29) is 17.9 Å². The maximum atomic E-state index is 12.2. The number of nitrogens with one attached hydrogen (secondary N) is 1. The van der Waals surface area contributed by atoms with E-state index in [9.17, 15) is 9.59 Å². The maximum absolute atomic E-state index is 12.2. The van der Waals surface area contributed by atoms with Crippen molar-refractivity contribution in [3.05, 3.63) is 18.2 Å². The van der Waals surface area contributed by atoms with Crippen LogP contribution >= 0.6 is 0 Å². The number of carbonyl (C=O) groups is 2. The van der Waals surface area contributed by atoms with Crippen LogP contribution in [0.25, 0.3) is 0 Å². The normalized spacial score (nSPS) is 23.4. The fraction of sp³-hybridized carbons (Fsp3) is 0.529. The minimum atomic E-state index is -0.516. The van der Waals surface area contributed by atoms with Crippen LogP contribution in [-0.4, -0.2) is 37.2 Å². The van der Waals surface area contributed by atoms with Crippen LogP contribution < -0.4 is 15.0 Å². The molecule has 2 aliphatic heterocycles. The number of hydrogen-bond donors (Lipinski definition) is 1. The van der Waals surface area contributed by atoms with E-state index in [4.69, 9.17) is 9.47 Å². The number of benzene rings is 1. The van der Waals surface area contributed by atoms with Crippen molar-refractivity contribution in [2.24, 2.45) is 0 Å². The van der Waals surface area contributed by atoms with E-state index in [0.29, 0.717) is 24.6 Å². The fourth-order valence-electron chi connectivity index (χ4n) is 2.95. The number of carbonyl (C=O) groups excluding carboxylic acids is 2. The predicted octanol–water partition coefficient (Wildman–Crippen LogP) is 2.33. The number of rotatable bonds is 4. The first kappa shape index (κ1) is 15.8. The lowest BCUT2D eigenvalue weighted by molar-refractivity contribution is -0.126. The molecule has 1 saturated heterocycles. The first-order valence-electron chi connectivity index (χ1n) is 8.14. The molecule has 0 aromatic heterocycles. The van der Waals surface area contributed by atoms with Crippen LogP contribution in [0.4, 0.5) is 11.4 Å². The Morgan fingerprint density at radius 2 is 2.26 bits per heavy atom. The third-order valence-electron chi connectivity index (χ3n) is 4.11. The summed E-state index contributed by atoms with van der Waals surface area (Å²) in [4.78, 5) is 26.1. The number of fused-ring (bicyclic) bond motifs is 1. The molecule has 2 amide bonds. The molecule has 23 heavy (non-hydrogen) atoms. The summed E-state index contributed by atoms with van der Waals surface area (Å²) in [6.45, 7) is 5.06. The highest BCUT2D eigenvalue weighted by Crippen LogP contribution is 2.36. The Morgan fingerprint density at radius 1 is 1.43 bits per heavy atom. The fourth-order valence-corrected chi connectivity index (χ4v) is 2.95. The summed E-state index contributed by atoms with van der Waals surface area (Å²) < 4.78 is 11.1. The number of hydrogen-bond acceptors (Lipinski definition) is 4. The van der Waals surface area contributed by atoms with Crippen molar-refractivity contribution in [1.29, 1.82) is 0 Å². The van der Waals surface area contributed by atoms with Gasteiger partial charge in [-0.05, 0) is 38.3 Å². The first-order valence-corrected chi connectivity index (χ1v) is 8.14. The Kier molecular flexibility index (Phi) is 4.52. The van der Waals surface area contributed by atoms with Crippen molar-refractivity contribution < 1.29 is 19.1 Å². The molecule has 1 N–H and O–H groups in total. The topological polar surface area (TPSA) is 67.9 Å². The zero-order valence-corrected chi connectivity index (χ0v) is 13.5. The van der Waals surface area contributed by atoms with Crippen molar-refractivity contribution in [1.82, 2.24) is 0 Å². The van der Waals surface area contributed by atoms with E-state index in [2.05, 4.69) is 5.32 Å². The van der Waals surface area contributed by atoms with Gasteiger partial charge < -0.3 is 19.7 Å². The average molecular weight is 318 g/mol. The monoisotopic (exact) mass is 318 g/mol. The molecule has 6 heteroatoms. The van der Waals surface area contributed by atoms with Crippen molar-refractivity contribution in [2.45, 2.75) is 45.3 Å². The Balaban J connectivity index is 1.79. The summed E-state index contributed by atoms with van der Waals surface area (Å²) in [7, 11) is 0. The van der Waals surface area contributed by atoms with Gasteiger partial charge in [0.05, 0.1) is 5.69 Å². The molecule has 124 valence electrons. The van der Waals surface area contributed by atoms with Gasteiger partial charge in [-0.3, -0.25) is 9.59 Å².